The minimum Gasteiger partial charge on any atom is -0.368 e. The van der Waals surface area contributed by atoms with E-state index in [0.717, 1.165) is 5.69 Å². The highest BCUT2D eigenvalue weighted by atomic mass is 16.6. The van der Waals surface area contributed by atoms with Crippen molar-refractivity contribution in [2.75, 3.05) is 31.1 Å². The number of amides is 1. The van der Waals surface area contributed by atoms with E-state index in [-0.39, 0.29) is 17.2 Å². The van der Waals surface area contributed by atoms with Gasteiger partial charge in [-0.3, -0.25) is 14.9 Å². The van der Waals surface area contributed by atoms with Crippen molar-refractivity contribution in [3.8, 4) is 6.07 Å². The second-order valence-electron chi connectivity index (χ2n) is 6.79. The first-order chi connectivity index (χ1) is 12.1. The summed E-state index contributed by atoms with van der Waals surface area (Å²) in [5.74, 6) is 0.798. The highest BCUT2D eigenvalue weighted by Crippen LogP contribution is 2.29. The maximum Gasteiger partial charge on any atom is 0.287 e. The van der Waals surface area contributed by atoms with Gasteiger partial charge >= 0.3 is 0 Å². The molecule has 0 N–H and O–H groups in total. The normalized spacial score (nSPS) is 18.2. The van der Waals surface area contributed by atoms with E-state index in [1.54, 1.807) is 12.1 Å². The third-order valence-electron chi connectivity index (χ3n) is 5.23. The van der Waals surface area contributed by atoms with E-state index in [1.807, 2.05) is 11.0 Å². The molecule has 1 aliphatic carbocycles. The SMILES string of the molecule is N#Cc1cc(N2CCN(C(=O)CC3CCCC3)CC2)ccc1[N+](=O)[O-]. The zero-order valence-corrected chi connectivity index (χ0v) is 14.2. The molecule has 0 radical (unpaired) electrons. The number of nitriles is 1. The Morgan fingerprint density at radius 3 is 2.52 bits per heavy atom. The van der Waals surface area contributed by atoms with Crippen LogP contribution in [-0.2, 0) is 4.79 Å². The van der Waals surface area contributed by atoms with Gasteiger partial charge in [0.2, 0.25) is 5.91 Å². The predicted molar refractivity (Wildman–Crippen MR) is 93.2 cm³/mol. The number of nitrogens with zero attached hydrogens (tertiary/aromatic N) is 4. The molecule has 1 aliphatic heterocycles. The molecule has 2 aliphatic rings. The van der Waals surface area contributed by atoms with Gasteiger partial charge in [-0.15, -0.1) is 0 Å². The van der Waals surface area contributed by atoms with E-state index in [4.69, 9.17) is 5.26 Å². The molecule has 1 aromatic rings. The van der Waals surface area contributed by atoms with Gasteiger partial charge in [-0.25, -0.2) is 0 Å². The number of anilines is 1. The molecule has 0 spiro atoms. The molecule has 132 valence electrons. The first-order valence-corrected chi connectivity index (χ1v) is 8.79. The van der Waals surface area contributed by atoms with Crippen LogP contribution in [0.5, 0.6) is 0 Å². The molecule has 0 bridgehead atoms. The maximum atomic E-state index is 12.4. The van der Waals surface area contributed by atoms with Gasteiger partial charge in [0.05, 0.1) is 4.92 Å². The van der Waals surface area contributed by atoms with Gasteiger partial charge in [-0.1, -0.05) is 12.8 Å². The van der Waals surface area contributed by atoms with Crippen LogP contribution in [0.3, 0.4) is 0 Å². The van der Waals surface area contributed by atoms with E-state index >= 15 is 0 Å². The topological polar surface area (TPSA) is 90.5 Å². The molecule has 0 unspecified atom stereocenters. The molecule has 0 aromatic heterocycles. The molecular weight excluding hydrogens is 320 g/mol. The Morgan fingerprint density at radius 1 is 1.24 bits per heavy atom. The fourth-order valence-electron chi connectivity index (χ4n) is 3.77. The number of piperazine rings is 1. The van der Waals surface area contributed by atoms with Crippen LogP contribution in [0.15, 0.2) is 18.2 Å². The molecule has 7 heteroatoms. The quantitative estimate of drug-likeness (QED) is 0.620. The summed E-state index contributed by atoms with van der Waals surface area (Å²) >= 11 is 0. The highest BCUT2D eigenvalue weighted by Gasteiger charge is 2.26. The molecule has 3 rings (SSSR count). The molecule has 1 saturated carbocycles. The summed E-state index contributed by atoms with van der Waals surface area (Å²) in [6, 6.07) is 6.51. The van der Waals surface area contributed by atoms with Gasteiger partial charge in [0.1, 0.15) is 11.6 Å². The largest absolute Gasteiger partial charge is 0.368 e. The van der Waals surface area contributed by atoms with Crippen molar-refractivity contribution >= 4 is 17.3 Å². The number of hydrogen-bond donors (Lipinski definition) is 0. The first kappa shape index (κ1) is 17.2. The van der Waals surface area contributed by atoms with Gasteiger partial charge in [-0.05, 0) is 30.9 Å². The Hall–Kier alpha value is -2.62. The first-order valence-electron chi connectivity index (χ1n) is 8.79. The number of benzene rings is 1. The third-order valence-corrected chi connectivity index (χ3v) is 5.23. The Labute approximate surface area is 147 Å². The van der Waals surface area contributed by atoms with Crippen LogP contribution in [0.2, 0.25) is 0 Å². The third kappa shape index (κ3) is 3.90. The van der Waals surface area contributed by atoms with Crippen molar-refractivity contribution in [2.45, 2.75) is 32.1 Å². The molecule has 1 saturated heterocycles. The van der Waals surface area contributed by atoms with Crippen LogP contribution in [0, 0.1) is 27.4 Å². The summed E-state index contributed by atoms with van der Waals surface area (Å²) in [4.78, 5) is 26.8. The summed E-state index contributed by atoms with van der Waals surface area (Å²) < 4.78 is 0. The van der Waals surface area contributed by atoms with Crippen LogP contribution in [0.25, 0.3) is 0 Å². The van der Waals surface area contributed by atoms with Crippen molar-refractivity contribution in [1.82, 2.24) is 4.90 Å². The Balaban J connectivity index is 1.59. The highest BCUT2D eigenvalue weighted by molar-refractivity contribution is 5.77. The lowest BCUT2D eigenvalue weighted by Gasteiger charge is -2.36. The summed E-state index contributed by atoms with van der Waals surface area (Å²) in [6.07, 6.45) is 5.49. The molecule has 7 nitrogen and oxygen atoms in total. The lowest BCUT2D eigenvalue weighted by atomic mass is 10.0. The lowest BCUT2D eigenvalue weighted by Crippen LogP contribution is -2.49. The van der Waals surface area contributed by atoms with Crippen molar-refractivity contribution in [1.29, 1.82) is 5.26 Å². The maximum absolute atomic E-state index is 12.4. The number of nitro benzene ring substituents is 1. The van der Waals surface area contributed by atoms with Crippen molar-refractivity contribution in [3.05, 3.63) is 33.9 Å². The molecular formula is C18H22N4O3. The van der Waals surface area contributed by atoms with Crippen LogP contribution < -0.4 is 4.90 Å². The van der Waals surface area contributed by atoms with Crippen LogP contribution in [0.1, 0.15) is 37.7 Å². The number of carbonyl (C=O) groups excluding carboxylic acids is 1. The smallest absolute Gasteiger partial charge is 0.287 e. The number of rotatable bonds is 4. The van der Waals surface area contributed by atoms with E-state index in [9.17, 15) is 14.9 Å². The minimum atomic E-state index is -0.540. The number of hydrogen-bond acceptors (Lipinski definition) is 5. The van der Waals surface area contributed by atoms with Crippen molar-refractivity contribution in [3.63, 3.8) is 0 Å². The monoisotopic (exact) mass is 342 g/mol. The Kier molecular flexibility index (Phi) is 5.17. The molecule has 1 heterocycles. The van der Waals surface area contributed by atoms with Gasteiger partial charge in [0.15, 0.2) is 0 Å². The fraction of sp³-hybridized carbons (Fsp3) is 0.556. The van der Waals surface area contributed by atoms with Gasteiger partial charge in [0, 0.05) is 44.4 Å². The zero-order chi connectivity index (χ0) is 17.8. The van der Waals surface area contributed by atoms with E-state index in [1.165, 1.54) is 31.7 Å². The standard InChI is InChI=1S/C18H22N4O3/c19-13-15-12-16(5-6-17(15)22(24)25)20-7-9-21(10-8-20)18(23)11-14-3-1-2-4-14/h5-6,12,14H,1-4,7-11H2. The van der Waals surface area contributed by atoms with E-state index < -0.39 is 4.92 Å². The average Bonchev–Trinajstić information content (AvgIpc) is 3.14. The summed E-state index contributed by atoms with van der Waals surface area (Å²) in [6.45, 7) is 2.67. The van der Waals surface area contributed by atoms with Gasteiger partial charge < -0.3 is 9.80 Å². The van der Waals surface area contributed by atoms with Crippen molar-refractivity contribution in [2.24, 2.45) is 5.92 Å². The summed E-state index contributed by atoms with van der Waals surface area (Å²) in [7, 11) is 0. The van der Waals surface area contributed by atoms with Crippen LogP contribution in [-0.4, -0.2) is 41.9 Å². The molecule has 1 amide bonds. The molecule has 2 fully saturated rings. The fourth-order valence-corrected chi connectivity index (χ4v) is 3.77. The van der Waals surface area contributed by atoms with Crippen LogP contribution in [0.4, 0.5) is 11.4 Å². The molecule has 1 aromatic carbocycles. The number of carbonyl (C=O) groups is 1. The molecule has 25 heavy (non-hydrogen) atoms. The average molecular weight is 342 g/mol. The van der Waals surface area contributed by atoms with E-state index in [0.29, 0.717) is 38.5 Å². The lowest BCUT2D eigenvalue weighted by molar-refractivity contribution is -0.385. The minimum absolute atomic E-state index is 0.0715. The van der Waals surface area contributed by atoms with Crippen molar-refractivity contribution < 1.29 is 9.72 Å². The summed E-state index contributed by atoms with van der Waals surface area (Å²) in [5.41, 5.74) is 0.698. The van der Waals surface area contributed by atoms with Crippen LogP contribution >= 0.6 is 0 Å². The van der Waals surface area contributed by atoms with Gasteiger partial charge in [-0.2, -0.15) is 5.26 Å². The Bertz CT molecular complexity index is 699. The predicted octanol–water partition coefficient (Wildman–Crippen LogP) is 2.70. The Morgan fingerprint density at radius 2 is 1.92 bits per heavy atom. The number of nitro groups is 1. The zero-order valence-electron chi connectivity index (χ0n) is 14.2. The van der Waals surface area contributed by atoms with Gasteiger partial charge in [0.25, 0.3) is 5.69 Å². The summed E-state index contributed by atoms with van der Waals surface area (Å²) in [5, 5.41) is 20.0. The second kappa shape index (κ2) is 7.51. The molecule has 0 atom stereocenters. The second-order valence-corrected chi connectivity index (χ2v) is 6.79. The van der Waals surface area contributed by atoms with E-state index in [2.05, 4.69) is 4.90 Å².